The highest BCUT2D eigenvalue weighted by Gasteiger charge is 2.34. The summed E-state index contributed by atoms with van der Waals surface area (Å²) >= 11 is 0. The third kappa shape index (κ3) is 5.47. The van der Waals surface area contributed by atoms with Crippen LogP contribution in [0.25, 0.3) is 0 Å². The molecule has 2 aromatic carbocycles. The molecule has 2 aromatic rings. The summed E-state index contributed by atoms with van der Waals surface area (Å²) in [6.07, 6.45) is 2.42. The Kier molecular flexibility index (Phi) is 7.22. The number of nitrogens with zero attached hydrogens (tertiary/aromatic N) is 1. The van der Waals surface area contributed by atoms with Gasteiger partial charge < -0.3 is 15.5 Å². The highest BCUT2D eigenvalue weighted by Crippen LogP contribution is 2.21. The largest absolute Gasteiger partial charge is 0.354 e. The Balaban J connectivity index is 1.60. The Labute approximate surface area is 177 Å². The van der Waals surface area contributed by atoms with Crippen LogP contribution in [0.3, 0.4) is 0 Å². The maximum absolute atomic E-state index is 13.0. The summed E-state index contributed by atoms with van der Waals surface area (Å²) in [6, 6.07) is 15.3. The number of benzene rings is 2. The molecule has 0 spiro atoms. The van der Waals surface area contributed by atoms with E-state index in [4.69, 9.17) is 0 Å². The second-order valence-electron chi connectivity index (χ2n) is 8.03. The molecule has 1 heterocycles. The van der Waals surface area contributed by atoms with Crippen LogP contribution in [0, 0.1) is 5.92 Å². The summed E-state index contributed by atoms with van der Waals surface area (Å²) in [5, 5.41) is 5.78. The Bertz CT molecular complexity index is 878. The quantitative estimate of drug-likeness (QED) is 0.734. The molecule has 0 aliphatic carbocycles. The Morgan fingerprint density at radius 2 is 1.70 bits per heavy atom. The number of carbonyl (C=O) groups excluding carboxylic acids is 3. The molecule has 1 atom stereocenters. The lowest BCUT2D eigenvalue weighted by Gasteiger charge is -2.24. The van der Waals surface area contributed by atoms with Crippen LogP contribution in [0.15, 0.2) is 54.6 Å². The van der Waals surface area contributed by atoms with Crippen LogP contribution in [0.2, 0.25) is 0 Å². The summed E-state index contributed by atoms with van der Waals surface area (Å²) in [6.45, 7) is 5.44. The van der Waals surface area contributed by atoms with Crippen molar-refractivity contribution < 1.29 is 14.4 Å². The van der Waals surface area contributed by atoms with Crippen LogP contribution < -0.4 is 10.6 Å². The first-order valence-electron chi connectivity index (χ1n) is 10.5. The van der Waals surface area contributed by atoms with Crippen LogP contribution in [-0.2, 0) is 4.79 Å². The molecule has 1 fully saturated rings. The Morgan fingerprint density at radius 1 is 1.00 bits per heavy atom. The minimum atomic E-state index is -0.415. The van der Waals surface area contributed by atoms with E-state index < -0.39 is 6.04 Å². The molecule has 0 aromatic heterocycles. The molecule has 0 saturated carbocycles. The number of hydrogen-bond acceptors (Lipinski definition) is 3. The van der Waals surface area contributed by atoms with E-state index in [1.807, 2.05) is 18.2 Å². The number of nitrogens with one attached hydrogen (secondary N) is 2. The average Bonchev–Trinajstić information content (AvgIpc) is 3.24. The van der Waals surface area contributed by atoms with Gasteiger partial charge in [-0.15, -0.1) is 0 Å². The van der Waals surface area contributed by atoms with E-state index in [-0.39, 0.29) is 17.7 Å². The van der Waals surface area contributed by atoms with Crippen molar-refractivity contribution in [3.63, 3.8) is 0 Å². The van der Waals surface area contributed by atoms with Gasteiger partial charge in [0.2, 0.25) is 5.91 Å². The molecule has 1 aliphatic rings. The number of hydrogen-bond donors (Lipinski definition) is 2. The Morgan fingerprint density at radius 3 is 2.37 bits per heavy atom. The Hall–Kier alpha value is -3.15. The number of anilines is 1. The van der Waals surface area contributed by atoms with E-state index in [9.17, 15) is 14.4 Å². The third-order valence-corrected chi connectivity index (χ3v) is 5.26. The first kappa shape index (κ1) is 21.6. The molecule has 3 amide bonds. The van der Waals surface area contributed by atoms with Gasteiger partial charge in [-0.3, -0.25) is 14.4 Å². The van der Waals surface area contributed by atoms with Gasteiger partial charge in [-0.1, -0.05) is 32.0 Å². The fraction of sp³-hybridized carbons (Fsp3) is 0.375. The maximum atomic E-state index is 13.0. The van der Waals surface area contributed by atoms with Gasteiger partial charge in [-0.05, 0) is 61.6 Å². The number of amides is 3. The van der Waals surface area contributed by atoms with E-state index in [0.29, 0.717) is 42.2 Å². The van der Waals surface area contributed by atoms with E-state index in [2.05, 4.69) is 24.5 Å². The van der Waals surface area contributed by atoms with Gasteiger partial charge in [-0.2, -0.15) is 0 Å². The van der Waals surface area contributed by atoms with Gasteiger partial charge in [0.25, 0.3) is 11.8 Å². The van der Waals surface area contributed by atoms with Gasteiger partial charge in [0.05, 0.1) is 0 Å². The molecule has 1 saturated heterocycles. The van der Waals surface area contributed by atoms with Gasteiger partial charge in [0, 0.05) is 29.9 Å². The number of rotatable bonds is 7. The van der Waals surface area contributed by atoms with Crippen LogP contribution >= 0.6 is 0 Å². The van der Waals surface area contributed by atoms with Crippen molar-refractivity contribution >= 4 is 23.4 Å². The van der Waals surface area contributed by atoms with Crippen molar-refractivity contribution in [1.29, 1.82) is 0 Å². The highest BCUT2D eigenvalue weighted by atomic mass is 16.2. The normalized spacial score (nSPS) is 15.8. The molecule has 1 aliphatic heterocycles. The van der Waals surface area contributed by atoms with Crippen molar-refractivity contribution in [2.75, 3.05) is 18.4 Å². The van der Waals surface area contributed by atoms with Crippen molar-refractivity contribution in [3.05, 3.63) is 65.7 Å². The summed E-state index contributed by atoms with van der Waals surface area (Å²) in [4.78, 5) is 39.4. The second kappa shape index (κ2) is 10.1. The van der Waals surface area contributed by atoms with Crippen molar-refractivity contribution in [1.82, 2.24) is 10.2 Å². The van der Waals surface area contributed by atoms with Crippen LogP contribution in [0.4, 0.5) is 5.69 Å². The van der Waals surface area contributed by atoms with E-state index in [1.165, 1.54) is 0 Å². The molecule has 0 bridgehead atoms. The zero-order chi connectivity index (χ0) is 21.5. The molecular formula is C24H29N3O3. The van der Waals surface area contributed by atoms with Crippen LogP contribution in [0.1, 0.15) is 53.8 Å². The lowest BCUT2D eigenvalue weighted by atomic mass is 10.1. The molecule has 2 N–H and O–H groups in total. The molecule has 3 rings (SSSR count). The zero-order valence-electron chi connectivity index (χ0n) is 17.6. The highest BCUT2D eigenvalue weighted by molar-refractivity contribution is 6.04. The molecule has 6 heteroatoms. The SMILES string of the molecule is CC(C)CCNC(=O)C1CCCN1C(=O)c1ccc(NC(=O)c2ccccc2)cc1. The summed E-state index contributed by atoms with van der Waals surface area (Å²) in [7, 11) is 0. The first-order valence-corrected chi connectivity index (χ1v) is 10.5. The third-order valence-electron chi connectivity index (χ3n) is 5.26. The van der Waals surface area contributed by atoms with Gasteiger partial charge in [0.1, 0.15) is 6.04 Å². The lowest BCUT2D eigenvalue weighted by Crippen LogP contribution is -2.46. The van der Waals surface area contributed by atoms with E-state index in [0.717, 1.165) is 12.8 Å². The second-order valence-corrected chi connectivity index (χ2v) is 8.03. The van der Waals surface area contributed by atoms with Crippen molar-refractivity contribution in [2.45, 2.75) is 39.2 Å². The van der Waals surface area contributed by atoms with Crippen LogP contribution in [0.5, 0.6) is 0 Å². The monoisotopic (exact) mass is 407 g/mol. The van der Waals surface area contributed by atoms with Crippen molar-refractivity contribution in [2.24, 2.45) is 5.92 Å². The number of likely N-dealkylation sites (tertiary alicyclic amines) is 1. The zero-order valence-corrected chi connectivity index (χ0v) is 17.6. The minimum Gasteiger partial charge on any atom is -0.354 e. The predicted molar refractivity (Wildman–Crippen MR) is 117 cm³/mol. The molecule has 6 nitrogen and oxygen atoms in total. The summed E-state index contributed by atoms with van der Waals surface area (Å²) in [5.41, 5.74) is 1.69. The summed E-state index contributed by atoms with van der Waals surface area (Å²) < 4.78 is 0. The molecular weight excluding hydrogens is 378 g/mol. The predicted octanol–water partition coefficient (Wildman–Crippen LogP) is 3.71. The maximum Gasteiger partial charge on any atom is 0.255 e. The van der Waals surface area contributed by atoms with E-state index >= 15 is 0 Å². The molecule has 158 valence electrons. The average molecular weight is 408 g/mol. The standard InChI is InChI=1S/C24H29N3O3/c1-17(2)14-15-25-23(29)21-9-6-16-27(21)24(30)19-10-12-20(13-11-19)26-22(28)18-7-4-3-5-8-18/h3-5,7-8,10-13,17,21H,6,9,14-16H2,1-2H3,(H,25,29)(H,26,28). The molecule has 30 heavy (non-hydrogen) atoms. The first-order chi connectivity index (χ1) is 14.5. The van der Waals surface area contributed by atoms with Gasteiger partial charge in [0.15, 0.2) is 0 Å². The minimum absolute atomic E-state index is 0.0757. The molecule has 0 radical (unpaired) electrons. The fourth-order valence-corrected chi connectivity index (χ4v) is 3.54. The van der Waals surface area contributed by atoms with Crippen LogP contribution in [-0.4, -0.2) is 41.8 Å². The van der Waals surface area contributed by atoms with Crippen molar-refractivity contribution in [3.8, 4) is 0 Å². The summed E-state index contributed by atoms with van der Waals surface area (Å²) in [5.74, 6) is 0.0885. The molecule has 1 unspecified atom stereocenters. The van der Waals surface area contributed by atoms with Gasteiger partial charge in [-0.25, -0.2) is 0 Å². The number of carbonyl (C=O) groups is 3. The van der Waals surface area contributed by atoms with Gasteiger partial charge >= 0.3 is 0 Å². The van der Waals surface area contributed by atoms with E-state index in [1.54, 1.807) is 41.3 Å². The lowest BCUT2D eigenvalue weighted by molar-refractivity contribution is -0.124. The topological polar surface area (TPSA) is 78.5 Å². The smallest absolute Gasteiger partial charge is 0.255 e. The fourth-order valence-electron chi connectivity index (χ4n) is 3.54.